The monoisotopic (exact) mass is 300 g/mol. The standard InChI is InChI=1S/C13H20N2O4S/c1-10(14-9-13(2,3)20(4,18)19)11-5-7-12(8-6-11)15(16)17/h5-8,10,14H,9H2,1-4H3. The summed E-state index contributed by atoms with van der Waals surface area (Å²) in [4.78, 5) is 10.1. The quantitative estimate of drug-likeness (QED) is 0.641. The first-order chi connectivity index (χ1) is 9.04. The van der Waals surface area contributed by atoms with Gasteiger partial charge in [0.25, 0.3) is 5.69 Å². The minimum absolute atomic E-state index is 0.0393. The Morgan fingerprint density at radius 1 is 1.30 bits per heavy atom. The van der Waals surface area contributed by atoms with Crippen molar-refractivity contribution in [3.63, 3.8) is 0 Å². The van der Waals surface area contributed by atoms with Crippen LogP contribution in [0.3, 0.4) is 0 Å². The van der Waals surface area contributed by atoms with Gasteiger partial charge >= 0.3 is 0 Å². The normalized spacial score (nSPS) is 14.0. The number of nitro benzene ring substituents is 1. The molecule has 1 atom stereocenters. The molecule has 0 heterocycles. The van der Waals surface area contributed by atoms with Crippen LogP contribution in [0, 0.1) is 10.1 Å². The van der Waals surface area contributed by atoms with Crippen molar-refractivity contribution in [1.82, 2.24) is 5.32 Å². The van der Waals surface area contributed by atoms with Crippen LogP contribution in [0.25, 0.3) is 0 Å². The molecular formula is C13H20N2O4S. The van der Waals surface area contributed by atoms with Crippen LogP contribution in [0.5, 0.6) is 0 Å². The van der Waals surface area contributed by atoms with Gasteiger partial charge in [-0.3, -0.25) is 10.1 Å². The zero-order chi connectivity index (χ0) is 15.6. The van der Waals surface area contributed by atoms with E-state index in [9.17, 15) is 18.5 Å². The smallest absolute Gasteiger partial charge is 0.269 e. The second kappa shape index (κ2) is 5.88. The largest absolute Gasteiger partial charge is 0.309 e. The molecule has 6 nitrogen and oxygen atoms in total. The number of sulfone groups is 1. The van der Waals surface area contributed by atoms with E-state index in [1.165, 1.54) is 18.4 Å². The molecule has 0 spiro atoms. The van der Waals surface area contributed by atoms with Gasteiger partial charge in [0.2, 0.25) is 0 Å². The highest BCUT2D eigenvalue weighted by Gasteiger charge is 2.30. The summed E-state index contributed by atoms with van der Waals surface area (Å²) in [5.41, 5.74) is 0.914. The van der Waals surface area contributed by atoms with Crippen molar-refractivity contribution in [1.29, 1.82) is 0 Å². The third-order valence-corrected chi connectivity index (χ3v) is 5.59. The maximum Gasteiger partial charge on any atom is 0.269 e. The van der Waals surface area contributed by atoms with E-state index in [2.05, 4.69) is 5.32 Å². The molecule has 1 aromatic carbocycles. The molecule has 1 unspecified atom stereocenters. The molecule has 0 saturated heterocycles. The molecule has 0 aliphatic rings. The first kappa shape index (κ1) is 16.6. The topological polar surface area (TPSA) is 89.3 Å². The van der Waals surface area contributed by atoms with E-state index in [0.717, 1.165) is 5.56 Å². The lowest BCUT2D eigenvalue weighted by Crippen LogP contribution is -2.42. The lowest BCUT2D eigenvalue weighted by Gasteiger charge is -2.25. The Kier molecular flexibility index (Phi) is 4.88. The molecule has 1 aromatic rings. The van der Waals surface area contributed by atoms with Crippen LogP contribution in [0.4, 0.5) is 5.69 Å². The Labute approximate surface area is 119 Å². The van der Waals surface area contributed by atoms with Gasteiger partial charge in [0.1, 0.15) is 0 Å². The SMILES string of the molecule is CC(NCC(C)(C)S(C)(=O)=O)c1ccc([N+](=O)[O-])cc1. The van der Waals surface area contributed by atoms with Crippen LogP contribution in [0.1, 0.15) is 32.4 Å². The number of non-ortho nitro benzene ring substituents is 1. The molecule has 0 radical (unpaired) electrons. The molecule has 0 saturated carbocycles. The van der Waals surface area contributed by atoms with Crippen LogP contribution in [0.2, 0.25) is 0 Å². The summed E-state index contributed by atoms with van der Waals surface area (Å²) in [6, 6.07) is 6.13. The van der Waals surface area contributed by atoms with Crippen molar-refractivity contribution in [2.45, 2.75) is 31.6 Å². The van der Waals surface area contributed by atoms with Crippen LogP contribution in [0.15, 0.2) is 24.3 Å². The van der Waals surface area contributed by atoms with Crippen molar-refractivity contribution in [2.75, 3.05) is 12.8 Å². The number of benzene rings is 1. The number of nitro groups is 1. The molecule has 20 heavy (non-hydrogen) atoms. The summed E-state index contributed by atoms with van der Waals surface area (Å²) in [6.07, 6.45) is 1.21. The highest BCUT2D eigenvalue weighted by molar-refractivity contribution is 7.92. The van der Waals surface area contributed by atoms with Crippen LogP contribution >= 0.6 is 0 Å². The average molecular weight is 300 g/mol. The zero-order valence-electron chi connectivity index (χ0n) is 12.1. The molecule has 0 aromatic heterocycles. The van der Waals surface area contributed by atoms with Crippen molar-refractivity contribution in [3.8, 4) is 0 Å². The first-order valence-electron chi connectivity index (χ1n) is 6.22. The van der Waals surface area contributed by atoms with Gasteiger partial charge in [0.15, 0.2) is 9.84 Å². The van der Waals surface area contributed by atoms with E-state index in [1.807, 2.05) is 6.92 Å². The molecular weight excluding hydrogens is 280 g/mol. The van der Waals surface area contributed by atoms with Gasteiger partial charge in [-0.05, 0) is 26.3 Å². The van der Waals surface area contributed by atoms with Gasteiger partial charge in [-0.2, -0.15) is 0 Å². The highest BCUT2D eigenvalue weighted by atomic mass is 32.2. The molecule has 112 valence electrons. The highest BCUT2D eigenvalue weighted by Crippen LogP contribution is 2.19. The molecule has 0 bridgehead atoms. The van der Waals surface area contributed by atoms with Gasteiger partial charge in [-0.25, -0.2) is 8.42 Å². The van der Waals surface area contributed by atoms with Gasteiger partial charge in [0, 0.05) is 31.0 Å². The summed E-state index contributed by atoms with van der Waals surface area (Å²) in [5.74, 6) is 0. The van der Waals surface area contributed by atoms with Crippen molar-refractivity contribution in [2.24, 2.45) is 0 Å². The molecule has 1 N–H and O–H groups in total. The molecule has 0 aliphatic heterocycles. The number of rotatable bonds is 6. The number of hydrogen-bond donors (Lipinski definition) is 1. The second-order valence-electron chi connectivity index (χ2n) is 5.48. The predicted molar refractivity (Wildman–Crippen MR) is 78.4 cm³/mol. The zero-order valence-corrected chi connectivity index (χ0v) is 12.9. The summed E-state index contributed by atoms with van der Waals surface area (Å²) in [5, 5.41) is 13.7. The maximum atomic E-state index is 11.6. The summed E-state index contributed by atoms with van der Waals surface area (Å²) in [6.45, 7) is 5.53. The number of hydrogen-bond acceptors (Lipinski definition) is 5. The van der Waals surface area contributed by atoms with E-state index < -0.39 is 19.5 Å². The average Bonchev–Trinajstić information content (AvgIpc) is 2.34. The van der Waals surface area contributed by atoms with Gasteiger partial charge < -0.3 is 5.32 Å². The Balaban J connectivity index is 2.73. The molecule has 0 amide bonds. The van der Waals surface area contributed by atoms with Gasteiger partial charge in [-0.1, -0.05) is 12.1 Å². The lowest BCUT2D eigenvalue weighted by atomic mass is 10.1. The summed E-state index contributed by atoms with van der Waals surface area (Å²) < 4.78 is 22.4. The van der Waals surface area contributed by atoms with Gasteiger partial charge in [0.05, 0.1) is 9.67 Å². The fourth-order valence-corrected chi connectivity index (χ4v) is 1.88. The predicted octanol–water partition coefficient (Wildman–Crippen LogP) is 2.07. The maximum absolute atomic E-state index is 11.6. The van der Waals surface area contributed by atoms with Crippen LogP contribution in [-0.4, -0.2) is 30.9 Å². The molecule has 7 heteroatoms. The minimum atomic E-state index is -3.15. The lowest BCUT2D eigenvalue weighted by molar-refractivity contribution is -0.384. The Morgan fingerprint density at radius 3 is 2.20 bits per heavy atom. The van der Waals surface area contributed by atoms with E-state index >= 15 is 0 Å². The van der Waals surface area contributed by atoms with E-state index in [0.29, 0.717) is 6.54 Å². The van der Waals surface area contributed by atoms with Crippen LogP contribution < -0.4 is 5.32 Å². The fraction of sp³-hybridized carbons (Fsp3) is 0.538. The van der Waals surface area contributed by atoms with Crippen LogP contribution in [-0.2, 0) is 9.84 Å². The number of nitrogens with one attached hydrogen (secondary N) is 1. The van der Waals surface area contributed by atoms with E-state index in [-0.39, 0.29) is 11.7 Å². The Hall–Kier alpha value is -1.47. The third-order valence-electron chi connectivity index (χ3n) is 3.44. The fourth-order valence-electron chi connectivity index (χ4n) is 1.53. The molecule has 1 rings (SSSR count). The van der Waals surface area contributed by atoms with Crippen molar-refractivity contribution < 1.29 is 13.3 Å². The Bertz CT molecular complexity index is 579. The third kappa shape index (κ3) is 4.01. The first-order valence-corrected chi connectivity index (χ1v) is 8.11. The van der Waals surface area contributed by atoms with Crippen molar-refractivity contribution in [3.05, 3.63) is 39.9 Å². The summed E-state index contributed by atoms with van der Waals surface area (Å²) in [7, 11) is -3.15. The van der Waals surface area contributed by atoms with Gasteiger partial charge in [-0.15, -0.1) is 0 Å². The summed E-state index contributed by atoms with van der Waals surface area (Å²) >= 11 is 0. The molecule has 0 aliphatic carbocycles. The second-order valence-corrected chi connectivity index (χ2v) is 8.13. The minimum Gasteiger partial charge on any atom is -0.309 e. The Morgan fingerprint density at radius 2 is 1.80 bits per heavy atom. The number of nitrogens with zero attached hydrogens (tertiary/aromatic N) is 1. The molecule has 0 fully saturated rings. The van der Waals surface area contributed by atoms with E-state index in [1.54, 1.807) is 26.0 Å². The van der Waals surface area contributed by atoms with Crippen molar-refractivity contribution >= 4 is 15.5 Å². The van der Waals surface area contributed by atoms with E-state index in [4.69, 9.17) is 0 Å².